The quantitative estimate of drug-likeness (QED) is 0.614. The average Bonchev–Trinajstić information content (AvgIpc) is 2.71. The lowest BCUT2D eigenvalue weighted by Gasteiger charge is -2.28. The highest BCUT2D eigenvalue weighted by Gasteiger charge is 2.14. The summed E-state index contributed by atoms with van der Waals surface area (Å²) in [5.41, 5.74) is 3.50. The van der Waals surface area contributed by atoms with E-state index in [4.69, 9.17) is 9.72 Å². The van der Waals surface area contributed by atoms with Gasteiger partial charge in [0.1, 0.15) is 5.82 Å². The lowest BCUT2D eigenvalue weighted by atomic mass is 10.1. The maximum atomic E-state index is 12.3. The molecule has 144 valence electrons. The molecule has 4 rings (SSSR count). The zero-order valence-corrected chi connectivity index (χ0v) is 17.1. The predicted molar refractivity (Wildman–Crippen MR) is 116 cm³/mol. The number of amides is 2. The van der Waals surface area contributed by atoms with Crippen LogP contribution in [-0.4, -0.2) is 37.3 Å². The highest BCUT2D eigenvalue weighted by atomic mass is 79.9. The molecule has 0 saturated carbocycles. The minimum atomic E-state index is -0.280. The molecule has 7 heteroatoms. The van der Waals surface area contributed by atoms with E-state index in [0.717, 1.165) is 64.4 Å². The van der Waals surface area contributed by atoms with Crippen LogP contribution in [0.4, 0.5) is 22.0 Å². The van der Waals surface area contributed by atoms with Crippen LogP contribution in [0.2, 0.25) is 0 Å². The smallest absolute Gasteiger partial charge is 0.323 e. The SMILES string of the molecule is Cc1cc(N2CCOCC2)nc2ccc(NC(=O)Nc3ccc(Br)cc3)cc12. The van der Waals surface area contributed by atoms with Crippen molar-refractivity contribution in [1.82, 2.24) is 4.98 Å². The van der Waals surface area contributed by atoms with Crippen LogP contribution in [0.15, 0.2) is 53.0 Å². The Morgan fingerprint density at radius 3 is 2.46 bits per heavy atom. The summed E-state index contributed by atoms with van der Waals surface area (Å²) in [5, 5.41) is 6.74. The minimum absolute atomic E-state index is 0.280. The first-order valence-electron chi connectivity index (χ1n) is 9.16. The Bertz CT molecular complexity index is 1000. The summed E-state index contributed by atoms with van der Waals surface area (Å²) in [6, 6.07) is 15.0. The van der Waals surface area contributed by atoms with Crippen molar-refractivity contribution in [3.05, 3.63) is 58.6 Å². The number of benzene rings is 2. The molecule has 1 aliphatic rings. The summed E-state index contributed by atoms with van der Waals surface area (Å²) < 4.78 is 6.39. The van der Waals surface area contributed by atoms with E-state index in [1.165, 1.54) is 0 Å². The van der Waals surface area contributed by atoms with Crippen LogP contribution in [0.3, 0.4) is 0 Å². The molecule has 1 fully saturated rings. The van der Waals surface area contributed by atoms with Gasteiger partial charge in [0.2, 0.25) is 0 Å². The molecule has 2 aromatic carbocycles. The minimum Gasteiger partial charge on any atom is -0.378 e. The molecular formula is C21H21BrN4O2. The van der Waals surface area contributed by atoms with Crippen molar-refractivity contribution in [3.63, 3.8) is 0 Å². The van der Waals surface area contributed by atoms with Gasteiger partial charge in [0.05, 0.1) is 18.7 Å². The molecule has 2 N–H and O–H groups in total. The van der Waals surface area contributed by atoms with Gasteiger partial charge in [0.25, 0.3) is 0 Å². The first kappa shape index (κ1) is 18.7. The van der Waals surface area contributed by atoms with Crippen LogP contribution in [-0.2, 0) is 4.74 Å². The third kappa shape index (κ3) is 4.26. The highest BCUT2D eigenvalue weighted by Crippen LogP contribution is 2.26. The van der Waals surface area contributed by atoms with Crippen molar-refractivity contribution in [1.29, 1.82) is 0 Å². The number of aromatic nitrogens is 1. The van der Waals surface area contributed by atoms with Gasteiger partial charge in [-0.2, -0.15) is 0 Å². The van der Waals surface area contributed by atoms with Crippen LogP contribution in [0.5, 0.6) is 0 Å². The molecule has 28 heavy (non-hydrogen) atoms. The zero-order chi connectivity index (χ0) is 19.5. The Hall–Kier alpha value is -2.64. The molecule has 0 aliphatic carbocycles. The Labute approximate surface area is 172 Å². The van der Waals surface area contributed by atoms with Gasteiger partial charge >= 0.3 is 6.03 Å². The van der Waals surface area contributed by atoms with E-state index < -0.39 is 0 Å². The fraction of sp³-hybridized carbons (Fsp3) is 0.238. The van der Waals surface area contributed by atoms with Crippen molar-refractivity contribution < 1.29 is 9.53 Å². The lowest BCUT2D eigenvalue weighted by molar-refractivity contribution is 0.122. The number of carbonyl (C=O) groups excluding carboxylic acids is 1. The summed E-state index contributed by atoms with van der Waals surface area (Å²) >= 11 is 3.38. The maximum Gasteiger partial charge on any atom is 0.323 e. The predicted octanol–water partition coefficient (Wildman–Crippen LogP) is 4.79. The third-order valence-electron chi connectivity index (χ3n) is 4.70. The van der Waals surface area contributed by atoms with Gasteiger partial charge in [0.15, 0.2) is 0 Å². The Balaban J connectivity index is 1.51. The van der Waals surface area contributed by atoms with E-state index in [2.05, 4.69) is 44.5 Å². The number of ether oxygens (including phenoxy) is 1. The molecule has 2 amide bonds. The number of halogens is 1. The highest BCUT2D eigenvalue weighted by molar-refractivity contribution is 9.10. The second-order valence-electron chi connectivity index (χ2n) is 6.71. The third-order valence-corrected chi connectivity index (χ3v) is 5.23. The van der Waals surface area contributed by atoms with Crippen LogP contribution in [0.1, 0.15) is 5.56 Å². The van der Waals surface area contributed by atoms with E-state index in [9.17, 15) is 4.79 Å². The van der Waals surface area contributed by atoms with Gasteiger partial charge < -0.3 is 20.3 Å². The molecule has 3 aromatic rings. The summed E-state index contributed by atoms with van der Waals surface area (Å²) in [4.78, 5) is 19.3. The molecule has 6 nitrogen and oxygen atoms in total. The second-order valence-corrected chi connectivity index (χ2v) is 7.63. The summed E-state index contributed by atoms with van der Waals surface area (Å²) in [6.07, 6.45) is 0. The molecule has 1 aliphatic heterocycles. The van der Waals surface area contributed by atoms with E-state index in [1.54, 1.807) is 0 Å². The molecule has 0 bridgehead atoms. The van der Waals surface area contributed by atoms with Crippen molar-refractivity contribution in [2.75, 3.05) is 41.8 Å². The number of carbonyl (C=O) groups is 1. The number of aryl methyl sites for hydroxylation is 1. The summed E-state index contributed by atoms with van der Waals surface area (Å²) in [7, 11) is 0. The van der Waals surface area contributed by atoms with Gasteiger partial charge in [-0.05, 0) is 61.0 Å². The number of hydrogen-bond acceptors (Lipinski definition) is 4. The fourth-order valence-corrected chi connectivity index (χ4v) is 3.50. The van der Waals surface area contributed by atoms with E-state index >= 15 is 0 Å². The van der Waals surface area contributed by atoms with E-state index in [1.807, 2.05) is 42.5 Å². The van der Waals surface area contributed by atoms with Crippen LogP contribution in [0.25, 0.3) is 10.9 Å². The number of rotatable bonds is 3. The Morgan fingerprint density at radius 2 is 1.71 bits per heavy atom. The maximum absolute atomic E-state index is 12.3. The Morgan fingerprint density at radius 1 is 1.04 bits per heavy atom. The first-order chi connectivity index (χ1) is 13.6. The molecule has 0 unspecified atom stereocenters. The van der Waals surface area contributed by atoms with Gasteiger partial charge in [-0.15, -0.1) is 0 Å². The summed E-state index contributed by atoms with van der Waals surface area (Å²) in [5.74, 6) is 0.974. The number of anilines is 3. The molecule has 1 aromatic heterocycles. The zero-order valence-electron chi connectivity index (χ0n) is 15.5. The number of morpholine rings is 1. The average molecular weight is 441 g/mol. The number of nitrogens with one attached hydrogen (secondary N) is 2. The second kappa shape index (κ2) is 8.16. The standard InChI is InChI=1S/C21H21BrN4O2/c1-14-12-20(26-8-10-28-11-9-26)25-19-7-6-17(13-18(14)19)24-21(27)23-16-4-2-15(22)3-5-16/h2-7,12-13H,8-11H2,1H3,(H2,23,24,27). The lowest BCUT2D eigenvalue weighted by Crippen LogP contribution is -2.36. The van der Waals surface area contributed by atoms with Crippen molar-refractivity contribution in [3.8, 4) is 0 Å². The normalized spacial score (nSPS) is 14.1. The largest absolute Gasteiger partial charge is 0.378 e. The van der Waals surface area contributed by atoms with Crippen molar-refractivity contribution in [2.24, 2.45) is 0 Å². The Kier molecular flexibility index (Phi) is 5.45. The van der Waals surface area contributed by atoms with Crippen LogP contribution < -0.4 is 15.5 Å². The topological polar surface area (TPSA) is 66.5 Å². The molecule has 0 atom stereocenters. The number of hydrogen-bond donors (Lipinski definition) is 2. The molecule has 0 radical (unpaired) electrons. The molecule has 1 saturated heterocycles. The van der Waals surface area contributed by atoms with Crippen molar-refractivity contribution >= 4 is 50.1 Å². The summed E-state index contributed by atoms with van der Waals surface area (Å²) in [6.45, 7) is 5.24. The van der Waals surface area contributed by atoms with Gasteiger partial charge in [-0.25, -0.2) is 9.78 Å². The van der Waals surface area contributed by atoms with Gasteiger partial charge in [-0.1, -0.05) is 15.9 Å². The van der Waals surface area contributed by atoms with Crippen LogP contribution in [0, 0.1) is 6.92 Å². The van der Waals surface area contributed by atoms with Gasteiger partial charge in [-0.3, -0.25) is 0 Å². The van der Waals surface area contributed by atoms with E-state index in [0.29, 0.717) is 0 Å². The first-order valence-corrected chi connectivity index (χ1v) is 9.95. The molecular weight excluding hydrogens is 420 g/mol. The molecule has 2 heterocycles. The van der Waals surface area contributed by atoms with E-state index in [-0.39, 0.29) is 6.03 Å². The fourth-order valence-electron chi connectivity index (χ4n) is 3.24. The van der Waals surface area contributed by atoms with Gasteiger partial charge in [0, 0.05) is 34.3 Å². The number of urea groups is 1. The van der Waals surface area contributed by atoms with Crippen molar-refractivity contribution in [2.45, 2.75) is 6.92 Å². The monoisotopic (exact) mass is 440 g/mol. The number of fused-ring (bicyclic) bond motifs is 1. The number of nitrogens with zero attached hydrogens (tertiary/aromatic N) is 2. The van der Waals surface area contributed by atoms with Crippen LogP contribution >= 0.6 is 15.9 Å². The number of pyridine rings is 1. The molecule has 0 spiro atoms.